The number of ether oxygens (including phenoxy) is 1. The molecule has 0 heterocycles. The third-order valence-corrected chi connectivity index (χ3v) is 6.16. The fourth-order valence-corrected chi connectivity index (χ4v) is 4.10. The van der Waals surface area contributed by atoms with Crippen LogP contribution in [0.15, 0.2) is 48.5 Å². The molecule has 4 atom stereocenters. The number of fused-ring (bicyclic) bond motifs is 3. The van der Waals surface area contributed by atoms with E-state index in [4.69, 9.17) is 4.74 Å². The molecule has 0 bridgehead atoms. The number of amides is 2. The molecule has 1 unspecified atom stereocenters. The normalized spacial score (nSPS) is 16.0. The van der Waals surface area contributed by atoms with E-state index in [-0.39, 0.29) is 18.4 Å². The number of hydrogen-bond acceptors (Lipinski definition) is 5. The third kappa shape index (κ3) is 5.34. The summed E-state index contributed by atoms with van der Waals surface area (Å²) < 4.78 is 5.52. The number of hydrogen-bond donors (Lipinski definition) is 4. The lowest BCUT2D eigenvalue weighted by atomic mass is 9.97. The molecule has 2 aromatic carbocycles. The van der Waals surface area contributed by atoms with Crippen molar-refractivity contribution in [2.45, 2.75) is 51.3 Å². The standard InChI is InChI=1S/C25H30N2O6/c1-4-14(2)21(23(29)26-22(15(3)28)24(30)31)27-25(32)33-13-20-18-11-7-5-9-16(18)17-10-6-8-12-19(17)20/h5-12,14-15,20-22,28H,4,13H2,1-3H3,(H,26,29)(H,27,32)(H,30,31)/t14?,15-,21+,22+/m1/s1. The number of carbonyl (C=O) groups is 3. The van der Waals surface area contributed by atoms with Crippen LogP contribution in [-0.2, 0) is 14.3 Å². The van der Waals surface area contributed by atoms with Crippen molar-refractivity contribution in [2.24, 2.45) is 5.92 Å². The van der Waals surface area contributed by atoms with Gasteiger partial charge in [-0.3, -0.25) is 4.79 Å². The van der Waals surface area contributed by atoms with Crippen molar-refractivity contribution in [3.8, 4) is 11.1 Å². The Morgan fingerprint density at radius 3 is 1.97 bits per heavy atom. The molecule has 0 aliphatic heterocycles. The molecule has 8 nitrogen and oxygen atoms in total. The molecule has 0 radical (unpaired) electrons. The lowest BCUT2D eigenvalue weighted by molar-refractivity contribution is -0.145. The minimum absolute atomic E-state index is 0.0974. The summed E-state index contributed by atoms with van der Waals surface area (Å²) in [6.45, 7) is 5.00. The summed E-state index contributed by atoms with van der Waals surface area (Å²) in [5, 5.41) is 23.8. The zero-order chi connectivity index (χ0) is 24.1. The summed E-state index contributed by atoms with van der Waals surface area (Å²) in [6.07, 6.45) is -1.49. The lowest BCUT2D eigenvalue weighted by Gasteiger charge is -2.26. The van der Waals surface area contributed by atoms with Gasteiger partial charge >= 0.3 is 12.1 Å². The molecule has 0 saturated carbocycles. The van der Waals surface area contributed by atoms with Crippen LogP contribution in [0.5, 0.6) is 0 Å². The predicted molar refractivity (Wildman–Crippen MR) is 123 cm³/mol. The molecule has 33 heavy (non-hydrogen) atoms. The topological polar surface area (TPSA) is 125 Å². The van der Waals surface area contributed by atoms with Gasteiger partial charge in [-0.2, -0.15) is 0 Å². The highest BCUT2D eigenvalue weighted by Crippen LogP contribution is 2.44. The monoisotopic (exact) mass is 454 g/mol. The molecule has 176 valence electrons. The Morgan fingerprint density at radius 2 is 1.48 bits per heavy atom. The van der Waals surface area contributed by atoms with Gasteiger partial charge in [0.2, 0.25) is 5.91 Å². The number of aliphatic carboxylic acids is 1. The second kappa shape index (κ2) is 10.5. The quantitative estimate of drug-likeness (QED) is 0.462. The van der Waals surface area contributed by atoms with Gasteiger partial charge in [0, 0.05) is 5.92 Å². The minimum Gasteiger partial charge on any atom is -0.480 e. The zero-order valence-electron chi connectivity index (χ0n) is 18.9. The molecule has 0 saturated heterocycles. The number of nitrogens with one attached hydrogen (secondary N) is 2. The van der Waals surface area contributed by atoms with Crippen molar-refractivity contribution < 1.29 is 29.3 Å². The van der Waals surface area contributed by atoms with E-state index >= 15 is 0 Å². The summed E-state index contributed by atoms with van der Waals surface area (Å²) in [7, 11) is 0. The van der Waals surface area contributed by atoms with Gasteiger partial charge in [-0.05, 0) is 35.1 Å². The number of carbonyl (C=O) groups excluding carboxylic acids is 2. The van der Waals surface area contributed by atoms with Gasteiger partial charge in [0.15, 0.2) is 6.04 Å². The van der Waals surface area contributed by atoms with Crippen LogP contribution in [0.25, 0.3) is 11.1 Å². The third-order valence-electron chi connectivity index (χ3n) is 6.16. The van der Waals surface area contributed by atoms with Gasteiger partial charge in [-0.25, -0.2) is 9.59 Å². The van der Waals surface area contributed by atoms with Gasteiger partial charge in [0.25, 0.3) is 0 Å². The summed E-state index contributed by atoms with van der Waals surface area (Å²) in [5.74, 6) is -2.45. The number of benzene rings is 2. The lowest BCUT2D eigenvalue weighted by Crippen LogP contribution is -2.56. The molecule has 0 spiro atoms. The average Bonchev–Trinajstić information content (AvgIpc) is 3.12. The maximum Gasteiger partial charge on any atom is 0.407 e. The Kier molecular flexibility index (Phi) is 7.71. The Bertz CT molecular complexity index is 976. The maximum atomic E-state index is 12.7. The van der Waals surface area contributed by atoms with Crippen molar-refractivity contribution in [1.29, 1.82) is 0 Å². The fraction of sp³-hybridized carbons (Fsp3) is 0.400. The first-order valence-corrected chi connectivity index (χ1v) is 11.1. The Balaban J connectivity index is 1.69. The van der Waals surface area contributed by atoms with E-state index in [1.165, 1.54) is 6.92 Å². The van der Waals surface area contributed by atoms with Crippen LogP contribution < -0.4 is 10.6 Å². The molecule has 8 heteroatoms. The van der Waals surface area contributed by atoms with Crippen LogP contribution in [0.2, 0.25) is 0 Å². The summed E-state index contributed by atoms with van der Waals surface area (Å²) in [4.78, 5) is 36.7. The summed E-state index contributed by atoms with van der Waals surface area (Å²) in [5.41, 5.74) is 4.36. The van der Waals surface area contributed by atoms with Crippen LogP contribution in [0.1, 0.15) is 44.2 Å². The van der Waals surface area contributed by atoms with E-state index in [0.29, 0.717) is 6.42 Å². The van der Waals surface area contributed by atoms with E-state index < -0.39 is 36.2 Å². The van der Waals surface area contributed by atoms with E-state index in [1.807, 2.05) is 55.5 Å². The second-order valence-electron chi connectivity index (χ2n) is 8.40. The van der Waals surface area contributed by atoms with Crippen LogP contribution in [0.4, 0.5) is 4.79 Å². The van der Waals surface area contributed by atoms with Crippen molar-refractivity contribution in [1.82, 2.24) is 10.6 Å². The van der Waals surface area contributed by atoms with E-state index in [0.717, 1.165) is 22.3 Å². The smallest absolute Gasteiger partial charge is 0.407 e. The van der Waals surface area contributed by atoms with Crippen molar-refractivity contribution in [3.05, 3.63) is 59.7 Å². The number of carboxylic acid groups (broad SMARTS) is 1. The van der Waals surface area contributed by atoms with Gasteiger partial charge < -0.3 is 25.6 Å². The molecule has 4 N–H and O–H groups in total. The molecular weight excluding hydrogens is 424 g/mol. The van der Waals surface area contributed by atoms with Crippen molar-refractivity contribution >= 4 is 18.0 Å². The number of carboxylic acids is 1. The molecule has 0 aromatic heterocycles. The first-order chi connectivity index (χ1) is 15.7. The van der Waals surface area contributed by atoms with Crippen molar-refractivity contribution in [2.75, 3.05) is 6.61 Å². The largest absolute Gasteiger partial charge is 0.480 e. The molecule has 2 amide bonds. The van der Waals surface area contributed by atoms with E-state index in [9.17, 15) is 24.6 Å². The first-order valence-electron chi connectivity index (χ1n) is 11.1. The average molecular weight is 455 g/mol. The molecule has 1 aliphatic carbocycles. The van der Waals surface area contributed by atoms with E-state index in [2.05, 4.69) is 10.6 Å². The van der Waals surface area contributed by atoms with Gasteiger partial charge in [0.1, 0.15) is 12.6 Å². The molecule has 2 aromatic rings. The van der Waals surface area contributed by atoms with Gasteiger partial charge in [0.05, 0.1) is 6.10 Å². The highest BCUT2D eigenvalue weighted by Gasteiger charge is 2.33. The number of alkyl carbamates (subject to hydrolysis) is 1. The van der Waals surface area contributed by atoms with Crippen LogP contribution >= 0.6 is 0 Å². The first kappa shape index (κ1) is 24.3. The highest BCUT2D eigenvalue weighted by molar-refractivity contribution is 5.89. The number of aliphatic hydroxyl groups excluding tert-OH is 1. The molecule has 1 aliphatic rings. The zero-order valence-corrected chi connectivity index (χ0v) is 18.9. The van der Waals surface area contributed by atoms with Crippen LogP contribution in [0.3, 0.4) is 0 Å². The van der Waals surface area contributed by atoms with Gasteiger partial charge in [-0.1, -0.05) is 68.8 Å². The highest BCUT2D eigenvalue weighted by atomic mass is 16.5. The molecule has 3 rings (SSSR count). The van der Waals surface area contributed by atoms with Gasteiger partial charge in [-0.15, -0.1) is 0 Å². The number of aliphatic hydroxyl groups is 1. The predicted octanol–water partition coefficient (Wildman–Crippen LogP) is 2.89. The Labute approximate surface area is 193 Å². The summed E-state index contributed by atoms with van der Waals surface area (Å²) in [6, 6.07) is 13.5. The second-order valence-corrected chi connectivity index (χ2v) is 8.40. The fourth-order valence-electron chi connectivity index (χ4n) is 4.10. The van der Waals surface area contributed by atoms with Crippen molar-refractivity contribution in [3.63, 3.8) is 0 Å². The van der Waals surface area contributed by atoms with Crippen LogP contribution in [0, 0.1) is 5.92 Å². The molecular formula is C25H30N2O6. The maximum absolute atomic E-state index is 12.7. The Hall–Kier alpha value is -3.39. The van der Waals surface area contributed by atoms with E-state index in [1.54, 1.807) is 6.92 Å². The van der Waals surface area contributed by atoms with Crippen LogP contribution in [-0.4, -0.2) is 53.0 Å². The Morgan fingerprint density at radius 1 is 0.939 bits per heavy atom. The minimum atomic E-state index is -1.48. The molecule has 0 fully saturated rings. The SMILES string of the molecule is CCC(C)[C@H](NC(=O)OCC1c2ccccc2-c2ccccc21)C(=O)N[C@H](C(=O)O)[C@@H](C)O. The number of rotatable bonds is 9. The summed E-state index contributed by atoms with van der Waals surface area (Å²) >= 11 is 0.